The highest BCUT2D eigenvalue weighted by atomic mass is 32.2. The van der Waals surface area contributed by atoms with Gasteiger partial charge in [0.25, 0.3) is 0 Å². The molecule has 0 aliphatic heterocycles. The van der Waals surface area contributed by atoms with Gasteiger partial charge in [-0.3, -0.25) is 14.4 Å². The van der Waals surface area contributed by atoms with Crippen molar-refractivity contribution in [3.05, 3.63) is 46.3 Å². The number of nitrogens with one attached hydrogen (secondary N) is 2. The van der Waals surface area contributed by atoms with Crippen LogP contribution in [0.5, 0.6) is 0 Å². The molecular weight excluding hydrogens is 412 g/mol. The lowest BCUT2D eigenvalue weighted by Gasteiger charge is -2.07. The summed E-state index contributed by atoms with van der Waals surface area (Å²) in [5.41, 5.74) is 1.38. The Hall–Kier alpha value is -2.65. The third-order valence-corrected chi connectivity index (χ3v) is 5.96. The Kier molecular flexibility index (Phi) is 8.41. The number of hydrogen-bond acceptors (Lipinski definition) is 7. The summed E-state index contributed by atoms with van der Waals surface area (Å²) in [5.74, 6) is -1.23. The van der Waals surface area contributed by atoms with Crippen molar-refractivity contribution in [3.8, 4) is 0 Å². The average Bonchev–Trinajstić information content (AvgIpc) is 2.99. The molecule has 0 saturated carbocycles. The number of esters is 1. The van der Waals surface area contributed by atoms with Crippen molar-refractivity contribution >= 4 is 57.4 Å². The quantitative estimate of drug-likeness (QED) is 0.460. The number of thioether (sulfide) groups is 1. The van der Waals surface area contributed by atoms with E-state index in [1.54, 1.807) is 26.0 Å². The molecule has 1 heterocycles. The first-order valence-corrected chi connectivity index (χ1v) is 10.8. The molecule has 0 aliphatic rings. The van der Waals surface area contributed by atoms with Crippen molar-refractivity contribution in [2.75, 3.05) is 28.7 Å². The second kappa shape index (κ2) is 10.8. The van der Waals surface area contributed by atoms with Crippen LogP contribution >= 0.6 is 23.1 Å². The molecule has 2 N–H and O–H groups in total. The van der Waals surface area contributed by atoms with Gasteiger partial charge in [0.1, 0.15) is 5.00 Å². The van der Waals surface area contributed by atoms with Gasteiger partial charge in [-0.05, 0) is 38.5 Å². The molecule has 0 spiro atoms. The molecule has 0 fully saturated rings. The topological polar surface area (TPSA) is 102 Å². The van der Waals surface area contributed by atoms with Gasteiger partial charge in [0.05, 0.1) is 28.6 Å². The summed E-state index contributed by atoms with van der Waals surface area (Å²) in [5, 5.41) is 5.68. The number of hydrogen-bond donors (Lipinski definition) is 2. The molecule has 0 aliphatic carbocycles. The van der Waals surface area contributed by atoms with Crippen LogP contribution in [0.4, 0.5) is 10.7 Å². The first-order valence-electron chi connectivity index (χ1n) is 8.87. The first-order chi connectivity index (χ1) is 13.8. The Morgan fingerprint density at radius 3 is 2.24 bits per heavy atom. The van der Waals surface area contributed by atoms with Gasteiger partial charge in [0, 0.05) is 5.69 Å². The van der Waals surface area contributed by atoms with E-state index in [2.05, 4.69) is 10.6 Å². The number of ketones is 1. The van der Waals surface area contributed by atoms with E-state index in [0.29, 0.717) is 16.1 Å². The molecule has 0 saturated heterocycles. The van der Waals surface area contributed by atoms with Gasteiger partial charge < -0.3 is 15.4 Å². The van der Waals surface area contributed by atoms with Crippen LogP contribution in [-0.2, 0) is 14.3 Å². The van der Waals surface area contributed by atoms with E-state index < -0.39 is 5.97 Å². The van der Waals surface area contributed by atoms with Crippen LogP contribution in [0, 0.1) is 6.92 Å². The zero-order chi connectivity index (χ0) is 21.4. The molecule has 29 heavy (non-hydrogen) atoms. The Morgan fingerprint density at radius 1 is 1.03 bits per heavy atom. The SMILES string of the molecule is CCOC(=O)c1c(NC(=O)CSCC(=O)Nc2ccccc2)sc(C(C)=O)c1C. The summed E-state index contributed by atoms with van der Waals surface area (Å²) in [6.07, 6.45) is 0. The van der Waals surface area contributed by atoms with E-state index in [9.17, 15) is 19.2 Å². The van der Waals surface area contributed by atoms with Crippen molar-refractivity contribution in [2.24, 2.45) is 0 Å². The standard InChI is InChI=1S/C20H22N2O5S2/c1-4-27-20(26)17-12(2)18(13(3)23)29-19(17)22-16(25)11-28-10-15(24)21-14-8-6-5-7-9-14/h5-9H,4,10-11H2,1-3H3,(H,21,24)(H,22,25). The van der Waals surface area contributed by atoms with Crippen molar-refractivity contribution in [3.63, 3.8) is 0 Å². The Balaban J connectivity index is 1.95. The summed E-state index contributed by atoms with van der Waals surface area (Å²) in [7, 11) is 0. The molecule has 0 unspecified atom stereocenters. The third kappa shape index (κ3) is 6.43. The number of amides is 2. The lowest BCUT2D eigenvalue weighted by atomic mass is 10.1. The molecule has 0 radical (unpaired) electrons. The van der Waals surface area contributed by atoms with Gasteiger partial charge in [-0.25, -0.2) is 4.79 Å². The van der Waals surface area contributed by atoms with Crippen LogP contribution in [0.1, 0.15) is 39.4 Å². The fourth-order valence-corrected chi connectivity index (χ4v) is 4.23. The molecular formula is C20H22N2O5S2. The number of thiophene rings is 1. The van der Waals surface area contributed by atoms with Gasteiger partial charge in [-0.2, -0.15) is 0 Å². The van der Waals surface area contributed by atoms with E-state index >= 15 is 0 Å². The maximum Gasteiger partial charge on any atom is 0.341 e. The van der Waals surface area contributed by atoms with Crippen LogP contribution in [0.2, 0.25) is 0 Å². The molecule has 7 nitrogen and oxygen atoms in total. The Morgan fingerprint density at radius 2 is 1.66 bits per heavy atom. The Bertz CT molecular complexity index is 909. The molecule has 2 rings (SSSR count). The van der Waals surface area contributed by atoms with Gasteiger partial charge in [-0.15, -0.1) is 23.1 Å². The average molecular weight is 435 g/mol. The van der Waals surface area contributed by atoms with Crippen LogP contribution < -0.4 is 10.6 Å². The zero-order valence-corrected chi connectivity index (χ0v) is 18.0. The molecule has 0 atom stereocenters. The number of carbonyl (C=O) groups is 4. The van der Waals surface area contributed by atoms with Crippen molar-refractivity contribution in [2.45, 2.75) is 20.8 Å². The number of Topliss-reactive ketones (excluding diaryl/α,β-unsaturated/α-hetero) is 1. The second-order valence-electron chi connectivity index (χ2n) is 5.99. The van der Waals surface area contributed by atoms with Crippen LogP contribution in [0.3, 0.4) is 0 Å². The normalized spacial score (nSPS) is 10.3. The number of para-hydroxylation sites is 1. The predicted octanol–water partition coefficient (Wildman–Crippen LogP) is 3.75. The molecule has 1 aromatic carbocycles. The minimum absolute atomic E-state index is 0.0246. The maximum atomic E-state index is 12.3. The number of anilines is 2. The third-order valence-electron chi connectivity index (χ3n) is 3.72. The van der Waals surface area contributed by atoms with Gasteiger partial charge in [0.15, 0.2) is 5.78 Å². The fraction of sp³-hybridized carbons (Fsp3) is 0.300. The summed E-state index contributed by atoms with van der Waals surface area (Å²) >= 11 is 2.19. The summed E-state index contributed by atoms with van der Waals surface area (Å²) in [4.78, 5) is 48.6. The molecule has 9 heteroatoms. The summed E-state index contributed by atoms with van der Waals surface area (Å²) in [6.45, 7) is 4.92. The minimum atomic E-state index is -0.584. The van der Waals surface area contributed by atoms with E-state index in [1.165, 1.54) is 6.92 Å². The van der Waals surface area contributed by atoms with E-state index in [1.807, 2.05) is 18.2 Å². The predicted molar refractivity (Wildman–Crippen MR) is 116 cm³/mol. The van der Waals surface area contributed by atoms with Crippen molar-refractivity contribution in [1.29, 1.82) is 0 Å². The molecule has 2 amide bonds. The molecule has 154 valence electrons. The molecule has 0 bridgehead atoms. The Labute approximate surface area is 177 Å². The van der Waals surface area contributed by atoms with E-state index in [4.69, 9.17) is 4.74 Å². The number of ether oxygens (including phenoxy) is 1. The smallest absolute Gasteiger partial charge is 0.341 e. The number of rotatable bonds is 9. The van der Waals surface area contributed by atoms with Gasteiger partial charge in [0.2, 0.25) is 11.8 Å². The van der Waals surface area contributed by atoms with E-state index in [-0.39, 0.29) is 46.3 Å². The van der Waals surface area contributed by atoms with Gasteiger partial charge in [-0.1, -0.05) is 18.2 Å². The minimum Gasteiger partial charge on any atom is -0.462 e. The van der Waals surface area contributed by atoms with Crippen LogP contribution in [0.25, 0.3) is 0 Å². The summed E-state index contributed by atoms with van der Waals surface area (Å²) < 4.78 is 5.04. The van der Waals surface area contributed by atoms with Crippen molar-refractivity contribution in [1.82, 2.24) is 0 Å². The number of benzene rings is 1. The zero-order valence-electron chi connectivity index (χ0n) is 16.4. The van der Waals surface area contributed by atoms with Gasteiger partial charge >= 0.3 is 5.97 Å². The largest absolute Gasteiger partial charge is 0.462 e. The highest BCUT2D eigenvalue weighted by Gasteiger charge is 2.25. The highest BCUT2D eigenvalue weighted by molar-refractivity contribution is 8.00. The maximum absolute atomic E-state index is 12.3. The van der Waals surface area contributed by atoms with Crippen LogP contribution in [0.15, 0.2) is 30.3 Å². The second-order valence-corrected chi connectivity index (χ2v) is 8.00. The number of carbonyl (C=O) groups excluding carboxylic acids is 4. The highest BCUT2D eigenvalue weighted by Crippen LogP contribution is 2.34. The molecule has 2 aromatic rings. The fourth-order valence-electron chi connectivity index (χ4n) is 2.50. The van der Waals surface area contributed by atoms with Crippen LogP contribution in [-0.4, -0.2) is 41.7 Å². The monoisotopic (exact) mass is 434 g/mol. The van der Waals surface area contributed by atoms with E-state index in [0.717, 1.165) is 23.1 Å². The first kappa shape index (κ1) is 22.6. The molecule has 1 aromatic heterocycles. The van der Waals surface area contributed by atoms with Crippen molar-refractivity contribution < 1.29 is 23.9 Å². The lowest BCUT2D eigenvalue weighted by Crippen LogP contribution is -2.19. The summed E-state index contributed by atoms with van der Waals surface area (Å²) in [6, 6.07) is 9.03. The lowest BCUT2D eigenvalue weighted by molar-refractivity contribution is -0.114.